The Balaban J connectivity index is 4.30. The van der Waals surface area contributed by atoms with E-state index in [1.54, 1.807) is 13.8 Å². The Morgan fingerprint density at radius 2 is 2.14 bits per heavy atom. The molecule has 3 N–H and O–H groups in total. The average Bonchev–Trinajstić information content (AvgIpc) is 2.14. The minimum atomic E-state index is -1.05. The molecule has 0 amide bonds. The summed E-state index contributed by atoms with van der Waals surface area (Å²) in [5.41, 5.74) is 0. The number of carboxylic acids is 1. The number of likely N-dealkylation sites (N-methyl/N-ethyl adjacent to an activating group) is 1. The first-order valence-corrected chi connectivity index (χ1v) is 4.52. The zero-order valence-electron chi connectivity index (χ0n) is 8.74. The minimum absolute atomic E-state index is 0.156. The molecular formula is C10H17NO3. The molecule has 0 aromatic carbocycles. The van der Waals surface area contributed by atoms with Gasteiger partial charge in [0.1, 0.15) is 6.04 Å². The number of nitrogens with one attached hydrogen (secondary N) is 1. The quantitative estimate of drug-likeness (QED) is 0.548. The number of hydrogen-bond donors (Lipinski definition) is 3. The molecule has 0 aromatic rings. The van der Waals surface area contributed by atoms with Gasteiger partial charge in [-0.1, -0.05) is 6.92 Å². The molecule has 3 atom stereocenters. The van der Waals surface area contributed by atoms with E-state index in [0.717, 1.165) is 0 Å². The van der Waals surface area contributed by atoms with Gasteiger partial charge in [0.15, 0.2) is 0 Å². The van der Waals surface area contributed by atoms with Crippen LogP contribution in [0.25, 0.3) is 0 Å². The summed E-state index contributed by atoms with van der Waals surface area (Å²) in [5.74, 6) is 4.33. The highest BCUT2D eigenvalue weighted by Crippen LogP contribution is 2.11. The van der Waals surface area contributed by atoms with Crippen molar-refractivity contribution in [2.75, 3.05) is 7.05 Å². The molecule has 0 spiro atoms. The van der Waals surface area contributed by atoms with Crippen LogP contribution in [-0.2, 0) is 4.79 Å². The number of aliphatic hydroxyl groups is 1. The number of aliphatic carboxylic acids is 1. The van der Waals surface area contributed by atoms with Crippen molar-refractivity contribution >= 4 is 5.97 Å². The highest BCUT2D eigenvalue weighted by atomic mass is 16.4. The summed E-state index contributed by atoms with van der Waals surface area (Å²) < 4.78 is 0. The Morgan fingerprint density at radius 1 is 1.57 bits per heavy atom. The van der Waals surface area contributed by atoms with Crippen molar-refractivity contribution in [3.63, 3.8) is 0 Å². The molecule has 0 unspecified atom stereocenters. The largest absolute Gasteiger partial charge is 0.480 e. The van der Waals surface area contributed by atoms with E-state index in [0.29, 0.717) is 6.42 Å². The molecule has 0 aliphatic rings. The van der Waals surface area contributed by atoms with E-state index in [9.17, 15) is 9.90 Å². The van der Waals surface area contributed by atoms with E-state index in [1.165, 1.54) is 7.05 Å². The van der Waals surface area contributed by atoms with Crippen molar-refractivity contribution in [2.24, 2.45) is 5.92 Å². The van der Waals surface area contributed by atoms with Crippen LogP contribution in [0.4, 0.5) is 0 Å². The Kier molecular flexibility index (Phi) is 5.93. The third-order valence-electron chi connectivity index (χ3n) is 2.10. The summed E-state index contributed by atoms with van der Waals surface area (Å²) in [6, 6.07) is -0.927. The Morgan fingerprint density at radius 3 is 2.50 bits per heavy atom. The van der Waals surface area contributed by atoms with Gasteiger partial charge in [-0.25, -0.2) is 0 Å². The molecule has 4 nitrogen and oxygen atoms in total. The van der Waals surface area contributed by atoms with Crippen LogP contribution in [-0.4, -0.2) is 35.4 Å². The standard InChI is InChI=1S/C10H17NO3/c1-4-5-6-7(2)9(12)8(11-3)10(13)14/h7-9,11-12H,6H2,1-3H3,(H,13,14)/t7-,8+,9-/m1/s1. The number of carboxylic acid groups (broad SMARTS) is 1. The second kappa shape index (κ2) is 6.41. The van der Waals surface area contributed by atoms with E-state index in [-0.39, 0.29) is 5.92 Å². The molecule has 0 aliphatic carbocycles. The fraction of sp³-hybridized carbons (Fsp3) is 0.700. The van der Waals surface area contributed by atoms with Crippen LogP contribution < -0.4 is 5.32 Å². The first-order chi connectivity index (χ1) is 6.54. The maximum atomic E-state index is 10.7. The Bertz CT molecular complexity index is 241. The van der Waals surface area contributed by atoms with Gasteiger partial charge in [0.05, 0.1) is 6.10 Å². The van der Waals surface area contributed by atoms with Crippen molar-refractivity contribution in [1.29, 1.82) is 0 Å². The summed E-state index contributed by atoms with van der Waals surface area (Å²) in [7, 11) is 1.51. The lowest BCUT2D eigenvalue weighted by atomic mass is 9.95. The van der Waals surface area contributed by atoms with Crippen LogP contribution in [0.3, 0.4) is 0 Å². The molecule has 0 saturated carbocycles. The highest BCUT2D eigenvalue weighted by Gasteiger charge is 2.28. The van der Waals surface area contributed by atoms with Crippen molar-refractivity contribution in [1.82, 2.24) is 5.32 Å². The highest BCUT2D eigenvalue weighted by molar-refractivity contribution is 5.74. The van der Waals surface area contributed by atoms with Gasteiger partial charge in [0.25, 0.3) is 0 Å². The van der Waals surface area contributed by atoms with Gasteiger partial charge >= 0.3 is 5.97 Å². The van der Waals surface area contributed by atoms with Crippen molar-refractivity contribution in [3.05, 3.63) is 0 Å². The van der Waals surface area contributed by atoms with Crippen molar-refractivity contribution < 1.29 is 15.0 Å². The summed E-state index contributed by atoms with van der Waals surface area (Å²) in [6.07, 6.45) is -0.415. The molecular weight excluding hydrogens is 182 g/mol. The number of aliphatic hydroxyl groups excluding tert-OH is 1. The first kappa shape index (κ1) is 12.9. The molecule has 0 bridgehead atoms. The van der Waals surface area contributed by atoms with Crippen LogP contribution >= 0.6 is 0 Å². The average molecular weight is 199 g/mol. The van der Waals surface area contributed by atoms with E-state index >= 15 is 0 Å². The SMILES string of the molecule is CC#CC[C@@H](C)[C@@H](O)[C@H](NC)C(=O)O. The molecule has 0 saturated heterocycles. The van der Waals surface area contributed by atoms with E-state index in [2.05, 4.69) is 17.2 Å². The zero-order chi connectivity index (χ0) is 11.1. The van der Waals surface area contributed by atoms with Gasteiger partial charge in [-0.2, -0.15) is 0 Å². The van der Waals surface area contributed by atoms with Crippen molar-refractivity contribution in [3.8, 4) is 11.8 Å². The third-order valence-corrected chi connectivity index (χ3v) is 2.10. The van der Waals surface area contributed by atoms with E-state index in [4.69, 9.17) is 5.11 Å². The van der Waals surface area contributed by atoms with Gasteiger partial charge in [-0.3, -0.25) is 4.79 Å². The van der Waals surface area contributed by atoms with Crippen molar-refractivity contribution in [2.45, 2.75) is 32.4 Å². The fourth-order valence-corrected chi connectivity index (χ4v) is 1.15. The van der Waals surface area contributed by atoms with Gasteiger partial charge in [-0.05, 0) is 19.9 Å². The summed E-state index contributed by atoms with van der Waals surface area (Å²) in [4.78, 5) is 10.7. The summed E-state index contributed by atoms with van der Waals surface area (Å²) in [6.45, 7) is 3.49. The minimum Gasteiger partial charge on any atom is -0.480 e. The second-order valence-electron chi connectivity index (χ2n) is 3.20. The van der Waals surface area contributed by atoms with E-state index < -0.39 is 18.1 Å². The lowest BCUT2D eigenvalue weighted by Gasteiger charge is -2.22. The van der Waals surface area contributed by atoms with Gasteiger partial charge in [-0.15, -0.1) is 11.8 Å². The first-order valence-electron chi connectivity index (χ1n) is 4.52. The second-order valence-corrected chi connectivity index (χ2v) is 3.20. The van der Waals surface area contributed by atoms with Crippen LogP contribution in [0.15, 0.2) is 0 Å². The predicted octanol–water partition coefficient (Wildman–Crippen LogP) is 0.0694. The molecule has 80 valence electrons. The maximum Gasteiger partial charge on any atom is 0.323 e. The normalized spacial score (nSPS) is 16.3. The molecule has 0 rings (SSSR count). The molecule has 0 aliphatic heterocycles. The molecule has 14 heavy (non-hydrogen) atoms. The Labute approximate surface area is 84.3 Å². The van der Waals surface area contributed by atoms with Gasteiger partial charge < -0.3 is 15.5 Å². The van der Waals surface area contributed by atoms with E-state index in [1.807, 2.05) is 0 Å². The lowest BCUT2D eigenvalue weighted by molar-refractivity contribution is -0.143. The zero-order valence-corrected chi connectivity index (χ0v) is 8.74. The summed E-state index contributed by atoms with van der Waals surface area (Å²) >= 11 is 0. The number of hydrogen-bond acceptors (Lipinski definition) is 3. The fourth-order valence-electron chi connectivity index (χ4n) is 1.15. The third kappa shape index (κ3) is 3.77. The molecule has 4 heteroatoms. The molecule has 0 aromatic heterocycles. The molecule has 0 radical (unpaired) electrons. The van der Waals surface area contributed by atoms with Crippen LogP contribution in [0.2, 0.25) is 0 Å². The van der Waals surface area contributed by atoms with Crippen LogP contribution in [0, 0.1) is 17.8 Å². The Hall–Kier alpha value is -1.05. The smallest absolute Gasteiger partial charge is 0.323 e. The number of rotatable bonds is 5. The maximum absolute atomic E-state index is 10.7. The topological polar surface area (TPSA) is 69.6 Å². The monoisotopic (exact) mass is 199 g/mol. The van der Waals surface area contributed by atoms with Gasteiger partial charge in [0.2, 0.25) is 0 Å². The lowest BCUT2D eigenvalue weighted by Crippen LogP contribution is -2.47. The van der Waals surface area contributed by atoms with Gasteiger partial charge in [0, 0.05) is 6.42 Å². The number of carbonyl (C=O) groups is 1. The van der Waals surface area contributed by atoms with Crippen LogP contribution in [0.1, 0.15) is 20.3 Å². The predicted molar refractivity (Wildman–Crippen MR) is 53.7 cm³/mol. The molecule has 0 fully saturated rings. The van der Waals surface area contributed by atoms with Crippen LogP contribution in [0.5, 0.6) is 0 Å². The molecule has 0 heterocycles. The summed E-state index contributed by atoms with van der Waals surface area (Å²) in [5, 5.41) is 21.0.